The number of rotatable bonds is 7. The SMILES string of the molecule is C/C=C/C(=C\N(C)N)c1cnc2[nH]cc(-c3ccn4ncc(C(=O)NCC(F)F)c4c3)c2c1. The van der Waals surface area contributed by atoms with Crippen LogP contribution in [0.1, 0.15) is 22.8 Å². The number of hydrogen-bond acceptors (Lipinski definition) is 5. The van der Waals surface area contributed by atoms with E-state index in [1.54, 1.807) is 31.7 Å². The first kappa shape index (κ1) is 22.2. The first-order valence-corrected chi connectivity index (χ1v) is 10.2. The Balaban J connectivity index is 1.78. The molecule has 0 spiro atoms. The van der Waals surface area contributed by atoms with Crippen LogP contribution in [0.5, 0.6) is 0 Å². The highest BCUT2D eigenvalue weighted by atomic mass is 19.3. The number of H-pyrrole nitrogens is 1. The lowest BCUT2D eigenvalue weighted by Crippen LogP contribution is -2.28. The lowest BCUT2D eigenvalue weighted by molar-refractivity contribution is 0.0893. The molecule has 8 nitrogen and oxygen atoms in total. The minimum Gasteiger partial charge on any atom is -0.346 e. The molecule has 4 aromatic heterocycles. The Labute approximate surface area is 188 Å². The Morgan fingerprint density at radius 2 is 2.18 bits per heavy atom. The van der Waals surface area contributed by atoms with Crippen molar-refractivity contribution in [3.63, 3.8) is 0 Å². The van der Waals surface area contributed by atoms with Gasteiger partial charge >= 0.3 is 0 Å². The van der Waals surface area contributed by atoms with Crippen molar-refractivity contribution in [2.45, 2.75) is 13.3 Å². The van der Waals surface area contributed by atoms with Crippen molar-refractivity contribution in [3.8, 4) is 11.1 Å². The molecule has 4 N–H and O–H groups in total. The summed E-state index contributed by atoms with van der Waals surface area (Å²) in [6, 6.07) is 5.68. The summed E-state index contributed by atoms with van der Waals surface area (Å²) >= 11 is 0. The van der Waals surface area contributed by atoms with Crippen LogP contribution in [0.15, 0.2) is 61.3 Å². The highest BCUT2D eigenvalue weighted by molar-refractivity contribution is 6.02. The molecule has 0 saturated carbocycles. The maximum Gasteiger partial charge on any atom is 0.255 e. The number of nitrogens with zero attached hydrogens (tertiary/aromatic N) is 4. The van der Waals surface area contributed by atoms with Gasteiger partial charge in [-0.3, -0.25) is 4.79 Å². The number of alkyl halides is 2. The van der Waals surface area contributed by atoms with E-state index in [-0.39, 0.29) is 5.56 Å². The molecule has 10 heteroatoms. The summed E-state index contributed by atoms with van der Waals surface area (Å²) in [5.74, 6) is 5.21. The van der Waals surface area contributed by atoms with E-state index >= 15 is 0 Å². The van der Waals surface area contributed by atoms with Crippen LogP contribution < -0.4 is 11.2 Å². The zero-order valence-electron chi connectivity index (χ0n) is 18.1. The number of nitrogens with two attached hydrogens (primary N) is 1. The van der Waals surface area contributed by atoms with Crippen LogP contribution >= 0.6 is 0 Å². The normalized spacial score (nSPS) is 12.4. The second-order valence-electron chi connectivity index (χ2n) is 7.48. The molecule has 0 bridgehead atoms. The number of carbonyl (C=O) groups excluding carboxylic acids is 1. The van der Waals surface area contributed by atoms with Gasteiger partial charge in [0.05, 0.1) is 23.8 Å². The molecule has 4 aromatic rings. The topological polar surface area (TPSA) is 104 Å². The number of allylic oxidation sites excluding steroid dienone is 3. The Morgan fingerprint density at radius 3 is 2.91 bits per heavy atom. The molecule has 0 aromatic carbocycles. The molecule has 33 heavy (non-hydrogen) atoms. The maximum absolute atomic E-state index is 12.5. The van der Waals surface area contributed by atoms with Crippen LogP contribution in [0, 0.1) is 0 Å². The fourth-order valence-corrected chi connectivity index (χ4v) is 3.60. The van der Waals surface area contributed by atoms with E-state index in [4.69, 9.17) is 5.84 Å². The van der Waals surface area contributed by atoms with Crippen molar-refractivity contribution in [2.75, 3.05) is 13.6 Å². The summed E-state index contributed by atoms with van der Waals surface area (Å²) in [6.07, 6.45) is 9.74. The average Bonchev–Trinajstić information content (AvgIpc) is 3.40. The van der Waals surface area contributed by atoms with Gasteiger partial charge in [-0.15, -0.1) is 0 Å². The quantitative estimate of drug-likeness (QED) is 0.226. The lowest BCUT2D eigenvalue weighted by Gasteiger charge is -2.09. The Bertz CT molecular complexity index is 1370. The Hall–Kier alpha value is -4.05. The number of halogens is 2. The number of nitrogens with one attached hydrogen (secondary N) is 2. The number of aromatic amines is 1. The predicted molar refractivity (Wildman–Crippen MR) is 123 cm³/mol. The zero-order chi connectivity index (χ0) is 23.5. The second kappa shape index (κ2) is 9.21. The molecule has 4 heterocycles. The summed E-state index contributed by atoms with van der Waals surface area (Å²) in [5, 5.41) is 8.74. The molecule has 170 valence electrons. The highest BCUT2D eigenvalue weighted by Crippen LogP contribution is 2.31. The van der Waals surface area contributed by atoms with Crippen LogP contribution in [0.25, 0.3) is 33.3 Å². The number of carbonyl (C=O) groups is 1. The summed E-state index contributed by atoms with van der Waals surface area (Å²) in [7, 11) is 1.74. The van der Waals surface area contributed by atoms with Crippen LogP contribution in [0.2, 0.25) is 0 Å². The van der Waals surface area contributed by atoms with E-state index in [1.807, 2.05) is 37.4 Å². The van der Waals surface area contributed by atoms with E-state index in [1.165, 1.54) is 15.7 Å². The van der Waals surface area contributed by atoms with Crippen molar-refractivity contribution >= 4 is 28.0 Å². The Kier molecular flexibility index (Phi) is 6.18. The van der Waals surface area contributed by atoms with Gasteiger partial charge in [-0.25, -0.2) is 24.1 Å². The van der Waals surface area contributed by atoms with Crippen molar-refractivity contribution in [2.24, 2.45) is 5.84 Å². The first-order valence-electron chi connectivity index (χ1n) is 10.2. The first-order chi connectivity index (χ1) is 15.9. The number of hydrogen-bond donors (Lipinski definition) is 3. The molecule has 0 unspecified atom stereocenters. The van der Waals surface area contributed by atoms with Gasteiger partial charge in [-0.1, -0.05) is 12.2 Å². The van der Waals surface area contributed by atoms with Crippen molar-refractivity contribution in [3.05, 3.63) is 72.5 Å². The van der Waals surface area contributed by atoms with Crippen molar-refractivity contribution in [1.29, 1.82) is 0 Å². The number of hydrazine groups is 1. The van der Waals surface area contributed by atoms with E-state index in [2.05, 4.69) is 20.4 Å². The van der Waals surface area contributed by atoms with Gasteiger partial charge < -0.3 is 15.3 Å². The summed E-state index contributed by atoms with van der Waals surface area (Å²) in [6.45, 7) is 1.21. The van der Waals surface area contributed by atoms with E-state index in [9.17, 15) is 13.6 Å². The lowest BCUT2D eigenvalue weighted by atomic mass is 10.0. The monoisotopic (exact) mass is 451 g/mol. The van der Waals surface area contributed by atoms with Gasteiger partial charge in [0.25, 0.3) is 12.3 Å². The number of amides is 1. The van der Waals surface area contributed by atoms with Gasteiger partial charge in [0.2, 0.25) is 0 Å². The van der Waals surface area contributed by atoms with Crippen LogP contribution in [0.4, 0.5) is 8.78 Å². The molecular formula is C23H23F2N7O. The smallest absolute Gasteiger partial charge is 0.255 e. The minimum absolute atomic E-state index is 0.223. The third-order valence-electron chi connectivity index (χ3n) is 5.05. The van der Waals surface area contributed by atoms with Gasteiger partial charge in [-0.2, -0.15) is 5.10 Å². The molecular weight excluding hydrogens is 428 g/mol. The molecule has 0 radical (unpaired) electrons. The summed E-state index contributed by atoms with van der Waals surface area (Å²) < 4.78 is 26.5. The van der Waals surface area contributed by atoms with E-state index in [0.717, 1.165) is 27.6 Å². The fraction of sp³-hybridized carbons (Fsp3) is 0.174. The molecule has 0 aliphatic rings. The number of pyridine rings is 2. The third-order valence-corrected chi connectivity index (χ3v) is 5.05. The molecule has 0 atom stereocenters. The highest BCUT2D eigenvalue weighted by Gasteiger charge is 2.16. The Morgan fingerprint density at radius 1 is 1.36 bits per heavy atom. The predicted octanol–water partition coefficient (Wildman–Crippen LogP) is 3.60. The van der Waals surface area contributed by atoms with Crippen molar-refractivity contribution < 1.29 is 13.6 Å². The van der Waals surface area contributed by atoms with Crippen molar-refractivity contribution in [1.82, 2.24) is 29.9 Å². The minimum atomic E-state index is -2.63. The number of fused-ring (bicyclic) bond motifs is 2. The summed E-state index contributed by atoms with van der Waals surface area (Å²) in [4.78, 5) is 20.1. The second-order valence-corrected chi connectivity index (χ2v) is 7.48. The van der Waals surface area contributed by atoms with E-state index in [0.29, 0.717) is 11.2 Å². The molecule has 0 saturated heterocycles. The van der Waals surface area contributed by atoms with E-state index < -0.39 is 18.9 Å². The van der Waals surface area contributed by atoms with Gasteiger partial charge in [0.15, 0.2) is 0 Å². The largest absolute Gasteiger partial charge is 0.346 e. The molecule has 4 rings (SSSR count). The maximum atomic E-state index is 12.5. The molecule has 0 aliphatic carbocycles. The molecule has 1 amide bonds. The third kappa shape index (κ3) is 4.60. The number of aromatic nitrogens is 4. The average molecular weight is 451 g/mol. The molecule has 0 fully saturated rings. The van der Waals surface area contributed by atoms with Gasteiger partial charge in [0, 0.05) is 53.9 Å². The standard InChI is InChI=1S/C23H23F2N7O/c1-3-4-15(13-31(2)26)16-7-17-18(10-28-22(17)27-9-16)14-5-6-32-20(8-14)19(11-30-32)23(33)29-12-21(24)25/h3-11,13,21H,12,26H2,1-2H3,(H,27,28)(H,29,33)/b4-3+,15-13+. The summed E-state index contributed by atoms with van der Waals surface area (Å²) in [5.41, 5.74) is 4.92. The van der Waals surface area contributed by atoms with Crippen LogP contribution in [0.3, 0.4) is 0 Å². The van der Waals surface area contributed by atoms with Gasteiger partial charge in [-0.05, 0) is 30.7 Å². The molecule has 0 aliphatic heterocycles. The van der Waals surface area contributed by atoms with Crippen LogP contribution in [-0.2, 0) is 0 Å². The van der Waals surface area contributed by atoms with Gasteiger partial charge in [0.1, 0.15) is 5.65 Å². The zero-order valence-corrected chi connectivity index (χ0v) is 18.1. The van der Waals surface area contributed by atoms with Crippen LogP contribution in [-0.4, -0.2) is 50.5 Å². The fourth-order valence-electron chi connectivity index (χ4n) is 3.60.